The third kappa shape index (κ3) is 1.05. The zero-order valence-corrected chi connectivity index (χ0v) is 5.27. The quantitative estimate of drug-likeness (QED) is 0.572. The number of carbonyl (C=O) groups is 1. The van der Waals surface area contributed by atoms with E-state index in [0.717, 1.165) is 4.57 Å². The summed E-state index contributed by atoms with van der Waals surface area (Å²) in [4.78, 5) is 10.2. The monoisotopic (exact) mass is 139 g/mol. The zero-order valence-electron chi connectivity index (χ0n) is 5.27. The first-order chi connectivity index (χ1) is 4.74. The highest BCUT2D eigenvalue weighted by Crippen LogP contribution is 1.81. The zero-order chi connectivity index (χ0) is 7.56. The van der Waals surface area contributed by atoms with Gasteiger partial charge < -0.3 is 5.11 Å². The van der Waals surface area contributed by atoms with Crippen molar-refractivity contribution < 1.29 is 14.5 Å². The van der Waals surface area contributed by atoms with Crippen LogP contribution in [-0.2, 0) is 0 Å². The van der Waals surface area contributed by atoms with Crippen molar-refractivity contribution in [3.05, 3.63) is 25.3 Å². The van der Waals surface area contributed by atoms with Gasteiger partial charge >= 0.3 is 6.09 Å². The fraction of sp³-hybridized carbons (Fsp3) is 0. The molecule has 0 spiro atoms. The highest BCUT2D eigenvalue weighted by Gasteiger charge is 2.07. The molecule has 10 heavy (non-hydrogen) atoms. The van der Waals surface area contributed by atoms with E-state index in [1.54, 1.807) is 10.8 Å². The molecule has 1 aromatic rings. The number of imidazole rings is 1. The molecule has 1 N–H and O–H groups in total. The van der Waals surface area contributed by atoms with Crippen LogP contribution < -0.4 is 4.57 Å². The minimum absolute atomic E-state index is 0.999. The lowest BCUT2D eigenvalue weighted by Crippen LogP contribution is -2.22. The van der Waals surface area contributed by atoms with Crippen molar-refractivity contribution in [2.24, 2.45) is 0 Å². The summed E-state index contributed by atoms with van der Waals surface area (Å²) in [5.74, 6) is 0. The molecule has 0 aromatic carbocycles. The molecule has 0 saturated heterocycles. The van der Waals surface area contributed by atoms with Gasteiger partial charge in [-0.1, -0.05) is 6.58 Å². The molecule has 0 unspecified atom stereocenters. The summed E-state index contributed by atoms with van der Waals surface area (Å²) in [7, 11) is 0. The second-order valence-corrected chi connectivity index (χ2v) is 1.73. The summed E-state index contributed by atoms with van der Waals surface area (Å²) < 4.78 is 2.59. The maximum absolute atomic E-state index is 10.2. The van der Waals surface area contributed by atoms with Crippen LogP contribution in [0.4, 0.5) is 4.79 Å². The number of carboxylic acid groups (broad SMARTS) is 1. The van der Waals surface area contributed by atoms with E-state index in [1.165, 1.54) is 18.7 Å². The average molecular weight is 139 g/mol. The van der Waals surface area contributed by atoms with Crippen LogP contribution in [0.2, 0.25) is 0 Å². The molecule has 1 heterocycles. The predicted octanol–water partition coefficient (Wildman–Crippen LogP) is 0.402. The van der Waals surface area contributed by atoms with Crippen LogP contribution in [0.5, 0.6) is 0 Å². The van der Waals surface area contributed by atoms with Gasteiger partial charge in [0.25, 0.3) is 6.33 Å². The van der Waals surface area contributed by atoms with Crippen LogP contribution >= 0.6 is 0 Å². The van der Waals surface area contributed by atoms with E-state index in [2.05, 4.69) is 6.58 Å². The summed E-state index contributed by atoms with van der Waals surface area (Å²) in [6, 6.07) is 0. The van der Waals surface area contributed by atoms with E-state index in [4.69, 9.17) is 5.11 Å². The number of nitrogens with zero attached hydrogens (tertiary/aromatic N) is 2. The number of aromatic nitrogens is 2. The minimum atomic E-state index is -0.999. The van der Waals surface area contributed by atoms with Gasteiger partial charge in [0.2, 0.25) is 0 Å². The van der Waals surface area contributed by atoms with Gasteiger partial charge in [-0.3, -0.25) is 0 Å². The number of hydrogen-bond acceptors (Lipinski definition) is 1. The molecule has 4 heteroatoms. The molecule has 1 aromatic heterocycles. The lowest BCUT2D eigenvalue weighted by atomic mass is 10.8. The van der Waals surface area contributed by atoms with Crippen molar-refractivity contribution in [2.45, 2.75) is 0 Å². The summed E-state index contributed by atoms with van der Waals surface area (Å²) in [6.07, 6.45) is 4.96. The van der Waals surface area contributed by atoms with Crippen LogP contribution in [0.3, 0.4) is 0 Å². The van der Waals surface area contributed by atoms with Gasteiger partial charge in [0.05, 0.1) is 6.20 Å². The third-order valence-corrected chi connectivity index (χ3v) is 1.09. The van der Waals surface area contributed by atoms with Crippen LogP contribution in [-0.4, -0.2) is 15.8 Å². The second-order valence-electron chi connectivity index (χ2n) is 1.73. The Morgan fingerprint density at radius 2 is 2.50 bits per heavy atom. The van der Waals surface area contributed by atoms with Crippen molar-refractivity contribution in [3.63, 3.8) is 0 Å². The van der Waals surface area contributed by atoms with Crippen LogP contribution in [0.15, 0.2) is 25.3 Å². The number of rotatable bonds is 1. The minimum Gasteiger partial charge on any atom is -0.446 e. The molecular weight excluding hydrogens is 132 g/mol. The Labute approximate surface area is 57.6 Å². The van der Waals surface area contributed by atoms with Crippen LogP contribution in [0, 0.1) is 0 Å². The van der Waals surface area contributed by atoms with Crippen molar-refractivity contribution in [1.82, 2.24) is 4.57 Å². The van der Waals surface area contributed by atoms with E-state index >= 15 is 0 Å². The Hall–Kier alpha value is -1.58. The van der Waals surface area contributed by atoms with Gasteiger partial charge in [-0.15, -0.1) is 4.57 Å². The Morgan fingerprint density at radius 3 is 2.80 bits per heavy atom. The third-order valence-electron chi connectivity index (χ3n) is 1.09. The van der Waals surface area contributed by atoms with Crippen molar-refractivity contribution in [3.8, 4) is 0 Å². The first-order valence-electron chi connectivity index (χ1n) is 2.68. The number of hydrogen-bond donors (Lipinski definition) is 1. The maximum atomic E-state index is 10.2. The molecule has 0 bridgehead atoms. The van der Waals surface area contributed by atoms with Crippen molar-refractivity contribution in [2.75, 3.05) is 0 Å². The van der Waals surface area contributed by atoms with Crippen LogP contribution in [0.1, 0.15) is 0 Å². The smallest absolute Gasteiger partial charge is 0.446 e. The molecule has 0 aliphatic carbocycles. The Balaban J connectivity index is 2.98. The fourth-order valence-corrected chi connectivity index (χ4v) is 0.591. The summed E-state index contributed by atoms with van der Waals surface area (Å²) in [5, 5.41) is 8.41. The molecule has 0 atom stereocenters. The molecule has 0 aliphatic heterocycles. The molecule has 0 saturated carbocycles. The van der Waals surface area contributed by atoms with Gasteiger partial charge in [0, 0.05) is 0 Å². The molecular formula is C6H7N2O2+. The topological polar surface area (TPSA) is 46.1 Å². The lowest BCUT2D eigenvalue weighted by molar-refractivity contribution is -0.566. The Kier molecular flexibility index (Phi) is 1.53. The molecule has 0 amide bonds. The molecule has 0 radical (unpaired) electrons. The highest BCUT2D eigenvalue weighted by molar-refractivity contribution is 5.67. The van der Waals surface area contributed by atoms with Gasteiger partial charge in [-0.2, -0.15) is 4.79 Å². The largest absolute Gasteiger partial charge is 0.509 e. The standard InChI is InChI=1S/C6H6N2O2/c1-2-7-3-4-8(5-7)6(9)10/h2-5H,1H2/p+1. The molecule has 1 rings (SSSR count). The second kappa shape index (κ2) is 2.34. The first kappa shape index (κ1) is 6.54. The molecule has 0 fully saturated rings. The van der Waals surface area contributed by atoms with Gasteiger partial charge in [-0.25, -0.2) is 4.57 Å². The van der Waals surface area contributed by atoms with E-state index in [0.29, 0.717) is 0 Å². The fourth-order valence-electron chi connectivity index (χ4n) is 0.591. The van der Waals surface area contributed by atoms with E-state index < -0.39 is 6.09 Å². The summed E-state index contributed by atoms with van der Waals surface area (Å²) in [5.41, 5.74) is 0. The van der Waals surface area contributed by atoms with Gasteiger partial charge in [0.1, 0.15) is 12.4 Å². The first-order valence-corrected chi connectivity index (χ1v) is 2.68. The predicted molar refractivity (Wildman–Crippen MR) is 34.4 cm³/mol. The lowest BCUT2D eigenvalue weighted by Gasteiger charge is -1.79. The molecule has 52 valence electrons. The normalized spacial score (nSPS) is 9.20. The SMILES string of the molecule is C=C[n+]1ccn(C(=O)O)c1. The van der Waals surface area contributed by atoms with Gasteiger partial charge in [-0.05, 0) is 0 Å². The van der Waals surface area contributed by atoms with E-state index in [-0.39, 0.29) is 0 Å². The Bertz CT molecular complexity index is 264. The van der Waals surface area contributed by atoms with E-state index in [9.17, 15) is 4.79 Å². The van der Waals surface area contributed by atoms with Crippen molar-refractivity contribution in [1.29, 1.82) is 0 Å². The molecule has 0 aliphatic rings. The average Bonchev–Trinajstić information content (AvgIpc) is 2.34. The summed E-state index contributed by atoms with van der Waals surface area (Å²) in [6.45, 7) is 3.46. The Morgan fingerprint density at radius 1 is 1.80 bits per heavy atom. The highest BCUT2D eigenvalue weighted by atomic mass is 16.4. The van der Waals surface area contributed by atoms with Gasteiger partial charge in [0.15, 0.2) is 0 Å². The summed E-state index contributed by atoms with van der Waals surface area (Å²) >= 11 is 0. The van der Waals surface area contributed by atoms with Crippen molar-refractivity contribution >= 4 is 12.3 Å². The van der Waals surface area contributed by atoms with Crippen LogP contribution in [0.25, 0.3) is 6.20 Å². The van der Waals surface area contributed by atoms with E-state index in [1.807, 2.05) is 0 Å². The maximum Gasteiger partial charge on any atom is 0.509 e. The molecule has 4 nitrogen and oxygen atoms in total.